The van der Waals surface area contributed by atoms with Crippen LogP contribution in [-0.4, -0.2) is 26.5 Å². The molecular formula is C8H6N4O. The molecule has 0 aliphatic heterocycles. The van der Waals surface area contributed by atoms with Crippen molar-refractivity contribution in [3.8, 4) is 5.69 Å². The van der Waals surface area contributed by atoms with Gasteiger partial charge < -0.3 is 0 Å². The number of aldehydes is 1. The van der Waals surface area contributed by atoms with Crippen LogP contribution in [0.25, 0.3) is 5.69 Å². The number of hydrogen-bond acceptors (Lipinski definition) is 4. The molecule has 0 N–H and O–H groups in total. The third-order valence-electron chi connectivity index (χ3n) is 1.59. The van der Waals surface area contributed by atoms with Crippen LogP contribution >= 0.6 is 0 Å². The van der Waals surface area contributed by atoms with Crippen molar-refractivity contribution < 1.29 is 4.79 Å². The molecule has 0 bridgehead atoms. The van der Waals surface area contributed by atoms with Gasteiger partial charge in [-0.3, -0.25) is 4.79 Å². The average Bonchev–Trinajstić information content (AvgIpc) is 2.71. The van der Waals surface area contributed by atoms with E-state index in [0.29, 0.717) is 5.56 Å². The standard InChI is InChI=1S/C8H6N4O/c13-5-7-2-1-3-8(4-7)12-10-6-9-11-12/h1-6H. The van der Waals surface area contributed by atoms with Gasteiger partial charge in [-0.15, -0.1) is 15.0 Å². The minimum Gasteiger partial charge on any atom is -0.298 e. The summed E-state index contributed by atoms with van der Waals surface area (Å²) < 4.78 is 0. The molecule has 1 aromatic heterocycles. The molecule has 0 radical (unpaired) electrons. The third-order valence-corrected chi connectivity index (χ3v) is 1.59. The number of carbonyl (C=O) groups excluding carboxylic acids is 1. The molecule has 0 unspecified atom stereocenters. The Morgan fingerprint density at radius 1 is 1.38 bits per heavy atom. The molecule has 0 spiro atoms. The summed E-state index contributed by atoms with van der Waals surface area (Å²) in [7, 11) is 0. The van der Waals surface area contributed by atoms with Crippen molar-refractivity contribution in [2.75, 3.05) is 0 Å². The lowest BCUT2D eigenvalue weighted by molar-refractivity contribution is 0.112. The van der Waals surface area contributed by atoms with Crippen LogP contribution in [0.5, 0.6) is 0 Å². The Morgan fingerprint density at radius 3 is 3.00 bits per heavy atom. The van der Waals surface area contributed by atoms with Gasteiger partial charge in [-0.2, -0.15) is 0 Å². The van der Waals surface area contributed by atoms with Crippen LogP contribution < -0.4 is 0 Å². The zero-order valence-electron chi connectivity index (χ0n) is 6.66. The van der Waals surface area contributed by atoms with Crippen molar-refractivity contribution in [2.24, 2.45) is 0 Å². The molecule has 64 valence electrons. The van der Waals surface area contributed by atoms with E-state index in [9.17, 15) is 4.79 Å². The maximum atomic E-state index is 10.5. The Morgan fingerprint density at radius 2 is 2.31 bits per heavy atom. The summed E-state index contributed by atoms with van der Waals surface area (Å²) in [5, 5.41) is 11.1. The number of hydrogen-bond donors (Lipinski definition) is 0. The van der Waals surface area contributed by atoms with E-state index < -0.39 is 0 Å². The van der Waals surface area contributed by atoms with Gasteiger partial charge in [0.1, 0.15) is 6.29 Å². The molecular weight excluding hydrogens is 168 g/mol. The minimum absolute atomic E-state index is 0.592. The molecule has 0 saturated heterocycles. The van der Waals surface area contributed by atoms with Crippen molar-refractivity contribution in [1.82, 2.24) is 20.2 Å². The van der Waals surface area contributed by atoms with E-state index in [1.54, 1.807) is 24.3 Å². The van der Waals surface area contributed by atoms with Crippen molar-refractivity contribution in [3.63, 3.8) is 0 Å². The highest BCUT2D eigenvalue weighted by atomic mass is 16.1. The topological polar surface area (TPSA) is 60.7 Å². The van der Waals surface area contributed by atoms with E-state index in [4.69, 9.17) is 0 Å². The van der Waals surface area contributed by atoms with E-state index >= 15 is 0 Å². The highest BCUT2D eigenvalue weighted by Gasteiger charge is 1.98. The fourth-order valence-corrected chi connectivity index (χ4v) is 1.01. The molecule has 0 aliphatic rings. The first-order chi connectivity index (χ1) is 6.40. The maximum Gasteiger partial charge on any atom is 0.162 e. The van der Waals surface area contributed by atoms with Crippen LogP contribution in [0.15, 0.2) is 30.6 Å². The van der Waals surface area contributed by atoms with Gasteiger partial charge in [0.25, 0.3) is 0 Å². The van der Waals surface area contributed by atoms with E-state index in [-0.39, 0.29) is 0 Å². The van der Waals surface area contributed by atoms with Gasteiger partial charge in [0.15, 0.2) is 6.33 Å². The molecule has 0 amide bonds. The Kier molecular flexibility index (Phi) is 1.84. The Labute approximate surface area is 74.0 Å². The minimum atomic E-state index is 0.592. The van der Waals surface area contributed by atoms with E-state index in [0.717, 1.165) is 12.0 Å². The van der Waals surface area contributed by atoms with Gasteiger partial charge in [0, 0.05) is 5.56 Å². The molecule has 0 fully saturated rings. The summed E-state index contributed by atoms with van der Waals surface area (Å²) in [5.74, 6) is 0. The van der Waals surface area contributed by atoms with Crippen molar-refractivity contribution >= 4 is 6.29 Å². The maximum absolute atomic E-state index is 10.5. The molecule has 0 atom stereocenters. The van der Waals surface area contributed by atoms with Crippen LogP contribution in [0.4, 0.5) is 0 Å². The van der Waals surface area contributed by atoms with Gasteiger partial charge in [-0.1, -0.05) is 12.1 Å². The second-order valence-corrected chi connectivity index (χ2v) is 2.44. The molecule has 13 heavy (non-hydrogen) atoms. The molecule has 1 aromatic carbocycles. The smallest absolute Gasteiger partial charge is 0.162 e. The lowest BCUT2D eigenvalue weighted by Crippen LogP contribution is -1.99. The molecule has 0 aliphatic carbocycles. The van der Waals surface area contributed by atoms with Crippen LogP contribution in [-0.2, 0) is 0 Å². The van der Waals surface area contributed by atoms with E-state index in [1.165, 1.54) is 11.1 Å². The second kappa shape index (κ2) is 3.14. The summed E-state index contributed by atoms with van der Waals surface area (Å²) >= 11 is 0. The second-order valence-electron chi connectivity index (χ2n) is 2.44. The van der Waals surface area contributed by atoms with Gasteiger partial charge in [-0.05, 0) is 17.3 Å². The Bertz CT molecular complexity index is 410. The first-order valence-corrected chi connectivity index (χ1v) is 3.69. The van der Waals surface area contributed by atoms with Gasteiger partial charge in [0.05, 0.1) is 5.69 Å². The first kappa shape index (κ1) is 7.60. The Hall–Kier alpha value is -2.04. The lowest BCUT2D eigenvalue weighted by Gasteiger charge is -1.97. The molecule has 5 heteroatoms. The molecule has 1 heterocycles. The third kappa shape index (κ3) is 1.44. The molecule has 2 aromatic rings. The largest absolute Gasteiger partial charge is 0.298 e. The summed E-state index contributed by atoms with van der Waals surface area (Å²) in [4.78, 5) is 11.8. The number of benzene rings is 1. The number of aromatic nitrogens is 4. The summed E-state index contributed by atoms with van der Waals surface area (Å²) in [6.07, 6.45) is 2.12. The summed E-state index contributed by atoms with van der Waals surface area (Å²) in [6.45, 7) is 0. The average molecular weight is 174 g/mol. The molecule has 5 nitrogen and oxygen atoms in total. The normalized spacial score (nSPS) is 9.85. The first-order valence-electron chi connectivity index (χ1n) is 3.69. The van der Waals surface area contributed by atoms with E-state index in [2.05, 4.69) is 15.4 Å². The fourth-order valence-electron chi connectivity index (χ4n) is 1.01. The highest BCUT2D eigenvalue weighted by molar-refractivity contribution is 5.75. The highest BCUT2D eigenvalue weighted by Crippen LogP contribution is 2.05. The SMILES string of the molecule is O=Cc1cccc(-n2ncnn2)c1. The number of nitrogens with zero attached hydrogens (tertiary/aromatic N) is 4. The van der Waals surface area contributed by atoms with Gasteiger partial charge in [0.2, 0.25) is 0 Å². The Balaban J connectivity index is 2.47. The van der Waals surface area contributed by atoms with Crippen LogP contribution in [0.2, 0.25) is 0 Å². The summed E-state index contributed by atoms with van der Waals surface area (Å²) in [5.41, 5.74) is 1.32. The van der Waals surface area contributed by atoms with Crippen LogP contribution in [0.1, 0.15) is 10.4 Å². The van der Waals surface area contributed by atoms with Crippen molar-refractivity contribution in [1.29, 1.82) is 0 Å². The predicted molar refractivity (Wildman–Crippen MR) is 44.5 cm³/mol. The van der Waals surface area contributed by atoms with Gasteiger partial charge >= 0.3 is 0 Å². The molecule has 0 saturated carbocycles. The predicted octanol–water partition coefficient (Wildman–Crippen LogP) is 0.475. The monoisotopic (exact) mass is 174 g/mol. The quantitative estimate of drug-likeness (QED) is 0.621. The van der Waals surface area contributed by atoms with Crippen LogP contribution in [0, 0.1) is 0 Å². The number of carbonyl (C=O) groups is 1. The zero-order chi connectivity index (χ0) is 9.10. The lowest BCUT2D eigenvalue weighted by atomic mass is 10.2. The van der Waals surface area contributed by atoms with Gasteiger partial charge in [-0.25, -0.2) is 0 Å². The fraction of sp³-hybridized carbons (Fsp3) is 0. The van der Waals surface area contributed by atoms with E-state index in [1.807, 2.05) is 0 Å². The van der Waals surface area contributed by atoms with Crippen LogP contribution in [0.3, 0.4) is 0 Å². The summed E-state index contributed by atoms with van der Waals surface area (Å²) in [6, 6.07) is 6.97. The van der Waals surface area contributed by atoms with Crippen molar-refractivity contribution in [3.05, 3.63) is 36.2 Å². The number of tetrazole rings is 1. The molecule has 2 rings (SSSR count). The number of rotatable bonds is 2. The van der Waals surface area contributed by atoms with Crippen molar-refractivity contribution in [2.45, 2.75) is 0 Å². The zero-order valence-corrected chi connectivity index (χ0v) is 6.66.